The molecule has 0 spiro atoms. The highest BCUT2D eigenvalue weighted by Gasteiger charge is 1.89. The second-order valence-corrected chi connectivity index (χ2v) is 3.27. The van der Waals surface area contributed by atoms with Gasteiger partial charge in [0.25, 0.3) is 0 Å². The molecule has 0 aliphatic rings. The molecule has 4 heteroatoms. The summed E-state index contributed by atoms with van der Waals surface area (Å²) in [5, 5.41) is 4.03. The monoisotopic (exact) mass is 207 g/mol. The van der Waals surface area contributed by atoms with Crippen LogP contribution in [0.1, 0.15) is 18.1 Å². The number of nitrogens with two attached hydrogens (primary N) is 1. The maximum Gasteiger partial charge on any atom is 0.184 e. The van der Waals surface area contributed by atoms with Gasteiger partial charge in [-0.1, -0.05) is 31.2 Å². The van der Waals surface area contributed by atoms with E-state index >= 15 is 0 Å². The lowest BCUT2D eigenvalue weighted by Crippen LogP contribution is -2.23. The zero-order valence-electron chi connectivity index (χ0n) is 8.03. The van der Waals surface area contributed by atoms with E-state index in [1.807, 2.05) is 12.1 Å². The minimum Gasteiger partial charge on any atom is -0.375 e. The Bertz CT molecular complexity index is 330. The van der Waals surface area contributed by atoms with Gasteiger partial charge >= 0.3 is 0 Å². The zero-order chi connectivity index (χ0) is 10.4. The number of thiocarbonyl (C=S) groups is 1. The summed E-state index contributed by atoms with van der Waals surface area (Å²) in [5.74, 6) is 0. The van der Waals surface area contributed by atoms with Gasteiger partial charge in [-0.2, -0.15) is 5.10 Å². The molecule has 0 aliphatic heterocycles. The molecular formula is C10H13N3S. The normalized spacial score (nSPS) is 10.4. The maximum atomic E-state index is 5.21. The molecule has 0 saturated carbocycles. The van der Waals surface area contributed by atoms with Crippen LogP contribution in [0.3, 0.4) is 0 Å². The quantitative estimate of drug-likeness (QED) is 0.448. The number of hydrogen-bond acceptors (Lipinski definition) is 2. The zero-order valence-corrected chi connectivity index (χ0v) is 8.84. The molecular weight excluding hydrogens is 194 g/mol. The molecule has 0 heterocycles. The van der Waals surface area contributed by atoms with E-state index in [0.29, 0.717) is 0 Å². The molecule has 0 aromatic heterocycles. The molecule has 1 rings (SSSR count). The van der Waals surface area contributed by atoms with Crippen molar-refractivity contribution in [3.05, 3.63) is 35.4 Å². The van der Waals surface area contributed by atoms with Crippen molar-refractivity contribution >= 4 is 23.5 Å². The molecule has 0 radical (unpaired) electrons. The molecule has 0 atom stereocenters. The first-order chi connectivity index (χ1) is 6.72. The van der Waals surface area contributed by atoms with E-state index in [-0.39, 0.29) is 5.11 Å². The number of benzene rings is 1. The summed E-state index contributed by atoms with van der Waals surface area (Å²) in [6, 6.07) is 8.15. The molecule has 0 fully saturated rings. The van der Waals surface area contributed by atoms with Gasteiger partial charge in [0.2, 0.25) is 0 Å². The standard InChI is InChI=1S/C10H13N3S/c1-2-8-3-5-9(6-4-8)7-12-13-10(11)14/h3-7H,2H2,1H3,(H3,11,13,14)/b12-7-. The number of nitrogens with zero attached hydrogens (tertiary/aromatic N) is 1. The fourth-order valence-corrected chi connectivity index (χ4v) is 1.06. The molecule has 74 valence electrons. The largest absolute Gasteiger partial charge is 0.375 e. The van der Waals surface area contributed by atoms with E-state index < -0.39 is 0 Å². The van der Waals surface area contributed by atoms with E-state index in [1.165, 1.54) is 5.56 Å². The molecule has 14 heavy (non-hydrogen) atoms. The van der Waals surface area contributed by atoms with Crippen molar-refractivity contribution in [2.45, 2.75) is 13.3 Å². The molecule has 0 amide bonds. The summed E-state index contributed by atoms with van der Waals surface area (Å²) < 4.78 is 0. The van der Waals surface area contributed by atoms with Crippen LogP contribution < -0.4 is 11.2 Å². The second-order valence-electron chi connectivity index (χ2n) is 2.83. The van der Waals surface area contributed by atoms with Gasteiger partial charge in [-0.3, -0.25) is 5.43 Å². The minimum atomic E-state index is 0.173. The van der Waals surface area contributed by atoms with E-state index in [1.54, 1.807) is 6.21 Å². The van der Waals surface area contributed by atoms with E-state index in [4.69, 9.17) is 5.73 Å². The van der Waals surface area contributed by atoms with Gasteiger partial charge in [0.15, 0.2) is 5.11 Å². The molecule has 0 aliphatic carbocycles. The molecule has 1 aromatic carbocycles. The van der Waals surface area contributed by atoms with Gasteiger partial charge in [-0.15, -0.1) is 0 Å². The summed E-state index contributed by atoms with van der Waals surface area (Å²) in [6.45, 7) is 2.12. The highest BCUT2D eigenvalue weighted by atomic mass is 32.1. The predicted octanol–water partition coefficient (Wildman–Crippen LogP) is 1.42. The summed E-state index contributed by atoms with van der Waals surface area (Å²) in [7, 11) is 0. The van der Waals surface area contributed by atoms with Crippen LogP contribution in [0.5, 0.6) is 0 Å². The number of hydrogen-bond donors (Lipinski definition) is 2. The van der Waals surface area contributed by atoms with Crippen LogP contribution in [0.4, 0.5) is 0 Å². The van der Waals surface area contributed by atoms with Crippen LogP contribution in [0.25, 0.3) is 0 Å². The topological polar surface area (TPSA) is 50.4 Å². The van der Waals surface area contributed by atoms with Gasteiger partial charge in [-0.05, 0) is 29.8 Å². The average molecular weight is 207 g/mol. The minimum absolute atomic E-state index is 0.173. The number of hydrazone groups is 1. The van der Waals surface area contributed by atoms with Gasteiger partial charge in [0, 0.05) is 0 Å². The Balaban J connectivity index is 2.59. The lowest BCUT2D eigenvalue weighted by molar-refractivity contribution is 1.04. The van der Waals surface area contributed by atoms with Crippen LogP contribution in [0, 0.1) is 0 Å². The summed E-state index contributed by atoms with van der Waals surface area (Å²) in [5.41, 5.74) is 10.0. The lowest BCUT2D eigenvalue weighted by Gasteiger charge is -1.97. The Labute approximate surface area is 89.0 Å². The lowest BCUT2D eigenvalue weighted by atomic mass is 10.1. The SMILES string of the molecule is CCc1ccc(/C=N\NC(N)=S)cc1. The molecule has 3 N–H and O–H groups in total. The van der Waals surface area contributed by atoms with Gasteiger partial charge in [0.1, 0.15) is 0 Å². The first-order valence-corrected chi connectivity index (χ1v) is 4.80. The summed E-state index contributed by atoms with van der Waals surface area (Å²) >= 11 is 4.60. The van der Waals surface area contributed by atoms with Gasteiger partial charge in [-0.25, -0.2) is 0 Å². The molecule has 0 saturated heterocycles. The molecule has 0 bridgehead atoms. The fraction of sp³-hybridized carbons (Fsp3) is 0.200. The third-order valence-corrected chi connectivity index (χ3v) is 1.87. The van der Waals surface area contributed by atoms with E-state index in [9.17, 15) is 0 Å². The Morgan fingerprint density at radius 1 is 1.50 bits per heavy atom. The van der Waals surface area contributed by atoms with Crippen LogP contribution in [-0.4, -0.2) is 11.3 Å². The highest BCUT2D eigenvalue weighted by molar-refractivity contribution is 7.80. The number of rotatable bonds is 3. The van der Waals surface area contributed by atoms with E-state index in [2.05, 4.69) is 41.8 Å². The fourth-order valence-electron chi connectivity index (χ4n) is 1.01. The van der Waals surface area contributed by atoms with Crippen LogP contribution in [0.2, 0.25) is 0 Å². The van der Waals surface area contributed by atoms with Crippen molar-refractivity contribution in [2.75, 3.05) is 0 Å². The van der Waals surface area contributed by atoms with Crippen molar-refractivity contribution in [3.8, 4) is 0 Å². The van der Waals surface area contributed by atoms with Crippen molar-refractivity contribution in [2.24, 2.45) is 10.8 Å². The Morgan fingerprint density at radius 3 is 2.64 bits per heavy atom. The van der Waals surface area contributed by atoms with Crippen molar-refractivity contribution in [1.29, 1.82) is 0 Å². The van der Waals surface area contributed by atoms with Crippen LogP contribution in [0.15, 0.2) is 29.4 Å². The number of aryl methyl sites for hydroxylation is 1. The highest BCUT2D eigenvalue weighted by Crippen LogP contribution is 2.02. The van der Waals surface area contributed by atoms with Crippen molar-refractivity contribution < 1.29 is 0 Å². The smallest absolute Gasteiger partial charge is 0.184 e. The third kappa shape index (κ3) is 3.53. The van der Waals surface area contributed by atoms with Crippen molar-refractivity contribution in [3.63, 3.8) is 0 Å². The van der Waals surface area contributed by atoms with E-state index in [0.717, 1.165) is 12.0 Å². The first kappa shape index (κ1) is 10.7. The molecule has 3 nitrogen and oxygen atoms in total. The Kier molecular flexibility index (Phi) is 4.07. The summed E-state index contributed by atoms with van der Waals surface area (Å²) in [6.07, 6.45) is 2.72. The average Bonchev–Trinajstić information content (AvgIpc) is 2.18. The second kappa shape index (κ2) is 5.34. The summed E-state index contributed by atoms with van der Waals surface area (Å²) in [4.78, 5) is 0. The third-order valence-electron chi connectivity index (χ3n) is 1.78. The van der Waals surface area contributed by atoms with Crippen molar-refractivity contribution in [1.82, 2.24) is 5.43 Å². The van der Waals surface area contributed by atoms with Crippen LogP contribution in [-0.2, 0) is 6.42 Å². The molecule has 1 aromatic rings. The Hall–Kier alpha value is -1.42. The van der Waals surface area contributed by atoms with Crippen LogP contribution >= 0.6 is 12.2 Å². The maximum absolute atomic E-state index is 5.21. The van der Waals surface area contributed by atoms with Gasteiger partial charge in [0.05, 0.1) is 6.21 Å². The number of nitrogens with one attached hydrogen (secondary N) is 1. The Morgan fingerprint density at radius 2 is 2.14 bits per heavy atom. The predicted molar refractivity (Wildman–Crippen MR) is 63.3 cm³/mol. The van der Waals surface area contributed by atoms with Gasteiger partial charge < -0.3 is 5.73 Å². The molecule has 0 unspecified atom stereocenters. The first-order valence-electron chi connectivity index (χ1n) is 4.40.